The van der Waals surface area contributed by atoms with E-state index in [0.717, 1.165) is 41.2 Å². The predicted octanol–water partition coefficient (Wildman–Crippen LogP) is -1.08. The van der Waals surface area contributed by atoms with Gasteiger partial charge in [0.2, 0.25) is 5.82 Å². The zero-order valence-electron chi connectivity index (χ0n) is 20.0. The highest BCUT2D eigenvalue weighted by atomic mass is 35.5. The first-order valence-corrected chi connectivity index (χ1v) is 11.8. The number of benzene rings is 2. The van der Waals surface area contributed by atoms with Crippen LogP contribution in [0.1, 0.15) is 35.9 Å². The Hall–Kier alpha value is -3.50. The predicted molar refractivity (Wildman–Crippen MR) is 128 cm³/mol. The number of rotatable bonds is 7. The molecule has 0 radical (unpaired) electrons. The number of aromatic nitrogens is 2. The van der Waals surface area contributed by atoms with E-state index in [0.29, 0.717) is 38.6 Å². The number of halogens is 1. The second-order valence-corrected chi connectivity index (χ2v) is 8.79. The topological polar surface area (TPSA) is 142 Å². The Morgan fingerprint density at radius 1 is 1.14 bits per heavy atom. The van der Waals surface area contributed by atoms with Gasteiger partial charge in [-0.05, 0) is 61.2 Å². The molecule has 5 N–H and O–H groups in total. The molecule has 192 valence electrons. The Labute approximate surface area is 215 Å². The van der Waals surface area contributed by atoms with Crippen LogP contribution in [0, 0.1) is 6.92 Å². The molecule has 2 aliphatic rings. The Morgan fingerprint density at radius 3 is 2.72 bits per heavy atom. The van der Waals surface area contributed by atoms with E-state index < -0.39 is 12.1 Å². The minimum Gasteiger partial charge on any atom is -1.00 e. The Kier molecular flexibility index (Phi) is 7.85. The number of aliphatic hydroxyl groups is 1. The third-order valence-electron chi connectivity index (χ3n) is 6.30. The largest absolute Gasteiger partial charge is 1.00 e. The zero-order valence-corrected chi connectivity index (χ0v) is 20.8. The fraction of sp³-hybridized carbons (Fsp3) is 0.400. The van der Waals surface area contributed by atoms with Crippen LogP contribution in [-0.4, -0.2) is 58.3 Å². The van der Waals surface area contributed by atoms with Gasteiger partial charge < -0.3 is 36.2 Å². The molecule has 1 aromatic heterocycles. The standard InChI is InChI=1S/C25H29N5O5.ClH/c1-15-13-17(23-28-24(35-29-23)22-18(31)8-9-30(22)25(26)27)5-7-19(15)32-10-2-3-16-4-6-20-21(14-16)34-12-11-33-20;/h4-7,13-14,18,22,31H,2-3,8-12H2,1H3,(H3,26,27);1H/t18-,22-;/m0./s1. The van der Waals surface area contributed by atoms with Gasteiger partial charge in [-0.25, -0.2) is 0 Å². The van der Waals surface area contributed by atoms with Gasteiger partial charge in [-0.2, -0.15) is 4.98 Å². The number of ether oxygens (including phenoxy) is 3. The summed E-state index contributed by atoms with van der Waals surface area (Å²) in [4.78, 5) is 4.49. The molecule has 10 nitrogen and oxygen atoms in total. The van der Waals surface area contributed by atoms with Crippen LogP contribution in [-0.2, 0) is 6.42 Å². The SMILES string of the molecule is Cc1cc(-c2noc([C@@H]3[C@@H](O)CC[N+]3=C(N)N)n2)ccc1OCCCc1ccc2c(c1)OCCO2.[Cl-]. The van der Waals surface area contributed by atoms with Crippen LogP contribution in [0.5, 0.6) is 17.2 Å². The first-order valence-electron chi connectivity index (χ1n) is 11.8. The molecule has 36 heavy (non-hydrogen) atoms. The van der Waals surface area contributed by atoms with Crippen molar-refractivity contribution in [3.63, 3.8) is 0 Å². The third kappa shape index (κ3) is 5.34. The number of nitrogens with two attached hydrogens (primary N) is 2. The average Bonchev–Trinajstić information content (AvgIpc) is 3.49. The van der Waals surface area contributed by atoms with E-state index in [1.807, 2.05) is 37.3 Å². The molecule has 0 saturated carbocycles. The maximum atomic E-state index is 10.3. The summed E-state index contributed by atoms with van der Waals surface area (Å²) in [5.41, 5.74) is 14.5. The van der Waals surface area contributed by atoms with Crippen LogP contribution in [0.2, 0.25) is 0 Å². The quantitative estimate of drug-likeness (QED) is 0.203. The van der Waals surface area contributed by atoms with Gasteiger partial charge >= 0.3 is 5.96 Å². The van der Waals surface area contributed by atoms with Crippen LogP contribution in [0.25, 0.3) is 11.4 Å². The fourth-order valence-corrected chi connectivity index (χ4v) is 4.49. The summed E-state index contributed by atoms with van der Waals surface area (Å²) in [6, 6.07) is 11.3. The lowest BCUT2D eigenvalue weighted by Gasteiger charge is -2.18. The number of aryl methyl sites for hydroxylation is 2. The highest BCUT2D eigenvalue weighted by molar-refractivity contribution is 5.70. The van der Waals surface area contributed by atoms with Gasteiger partial charge in [0.05, 0.1) is 19.3 Å². The van der Waals surface area contributed by atoms with Crippen LogP contribution < -0.4 is 38.1 Å². The third-order valence-corrected chi connectivity index (χ3v) is 6.30. The lowest BCUT2D eigenvalue weighted by Crippen LogP contribution is -3.00. The maximum Gasteiger partial charge on any atom is 0.341 e. The molecule has 0 spiro atoms. The minimum absolute atomic E-state index is 0. The van der Waals surface area contributed by atoms with E-state index in [1.54, 1.807) is 4.58 Å². The molecule has 2 aliphatic heterocycles. The van der Waals surface area contributed by atoms with Gasteiger partial charge in [0, 0.05) is 12.0 Å². The molecule has 2 aromatic carbocycles. The van der Waals surface area contributed by atoms with Gasteiger partial charge in [0.25, 0.3) is 5.89 Å². The van der Waals surface area contributed by atoms with E-state index in [2.05, 4.69) is 16.2 Å². The summed E-state index contributed by atoms with van der Waals surface area (Å²) in [5.74, 6) is 3.27. The lowest BCUT2D eigenvalue weighted by atomic mass is 10.1. The summed E-state index contributed by atoms with van der Waals surface area (Å²) >= 11 is 0. The van der Waals surface area contributed by atoms with Gasteiger partial charge in [0.1, 0.15) is 19.0 Å². The molecule has 11 heteroatoms. The Morgan fingerprint density at radius 2 is 1.94 bits per heavy atom. The van der Waals surface area contributed by atoms with Crippen molar-refractivity contribution in [3.8, 4) is 28.6 Å². The van der Waals surface area contributed by atoms with Gasteiger partial charge in [0.15, 0.2) is 17.5 Å². The summed E-state index contributed by atoms with van der Waals surface area (Å²) in [6.07, 6.45) is 1.61. The van der Waals surface area contributed by atoms with Gasteiger partial charge in [-0.3, -0.25) is 16.0 Å². The van der Waals surface area contributed by atoms with E-state index in [4.69, 9.17) is 30.2 Å². The molecule has 0 aliphatic carbocycles. The summed E-state index contributed by atoms with van der Waals surface area (Å²) in [5, 5.41) is 14.4. The second kappa shape index (κ2) is 11.0. The van der Waals surface area contributed by atoms with Crippen molar-refractivity contribution >= 4 is 5.96 Å². The molecular formula is C25H30ClN5O5. The van der Waals surface area contributed by atoms with Crippen molar-refractivity contribution in [3.05, 3.63) is 53.4 Å². The van der Waals surface area contributed by atoms with Crippen LogP contribution in [0.3, 0.4) is 0 Å². The van der Waals surface area contributed by atoms with Gasteiger partial charge in [-0.1, -0.05) is 11.2 Å². The number of fused-ring (bicyclic) bond motifs is 1. The lowest BCUT2D eigenvalue weighted by molar-refractivity contribution is -0.560. The van der Waals surface area contributed by atoms with Crippen molar-refractivity contribution in [2.75, 3.05) is 26.4 Å². The van der Waals surface area contributed by atoms with E-state index >= 15 is 0 Å². The van der Waals surface area contributed by atoms with Crippen LogP contribution in [0.4, 0.5) is 0 Å². The Balaban J connectivity index is 0.00000304. The van der Waals surface area contributed by atoms with Crippen LogP contribution in [0.15, 0.2) is 40.9 Å². The van der Waals surface area contributed by atoms with Crippen molar-refractivity contribution in [2.24, 2.45) is 11.5 Å². The van der Waals surface area contributed by atoms with Crippen molar-refractivity contribution in [2.45, 2.75) is 38.3 Å². The second-order valence-electron chi connectivity index (χ2n) is 8.79. The summed E-state index contributed by atoms with van der Waals surface area (Å²) in [7, 11) is 0. The van der Waals surface area contributed by atoms with Crippen LogP contribution >= 0.6 is 0 Å². The molecule has 0 bridgehead atoms. The highest BCUT2D eigenvalue weighted by Crippen LogP contribution is 2.32. The number of hydrogen-bond acceptors (Lipinski definition) is 7. The molecule has 2 atom stereocenters. The monoisotopic (exact) mass is 515 g/mol. The number of hydrogen-bond donors (Lipinski definition) is 3. The normalized spacial score (nSPS) is 18.6. The van der Waals surface area contributed by atoms with Gasteiger partial charge in [-0.15, -0.1) is 0 Å². The molecular weight excluding hydrogens is 486 g/mol. The minimum atomic E-state index is -0.676. The molecule has 1 fully saturated rings. The maximum absolute atomic E-state index is 10.3. The van der Waals surface area contributed by atoms with E-state index in [9.17, 15) is 5.11 Å². The van der Waals surface area contributed by atoms with Crippen molar-refractivity contribution in [1.29, 1.82) is 0 Å². The fourth-order valence-electron chi connectivity index (χ4n) is 4.49. The molecule has 3 heterocycles. The summed E-state index contributed by atoms with van der Waals surface area (Å²) < 4.78 is 24.4. The summed E-state index contributed by atoms with van der Waals surface area (Å²) in [6.45, 7) is 4.28. The number of guanidine groups is 1. The molecule has 1 saturated heterocycles. The van der Waals surface area contributed by atoms with Crippen molar-refractivity contribution in [1.82, 2.24) is 10.1 Å². The molecule has 5 rings (SSSR count). The van der Waals surface area contributed by atoms with E-state index in [1.165, 1.54) is 5.56 Å². The average molecular weight is 516 g/mol. The highest BCUT2D eigenvalue weighted by Gasteiger charge is 2.39. The Bertz CT molecular complexity index is 1240. The van der Waals surface area contributed by atoms with Crippen molar-refractivity contribution < 1.29 is 40.8 Å². The molecule has 0 unspecified atom stereocenters. The first kappa shape index (κ1) is 25.6. The smallest absolute Gasteiger partial charge is 0.341 e. The number of nitrogens with zero attached hydrogens (tertiary/aromatic N) is 3. The van der Waals surface area contributed by atoms with E-state index in [-0.39, 0.29) is 24.3 Å². The molecule has 0 amide bonds. The zero-order chi connectivity index (χ0) is 24.4. The number of aliphatic hydroxyl groups excluding tert-OH is 1. The molecule has 3 aromatic rings. The first-order chi connectivity index (χ1) is 17.0.